The summed E-state index contributed by atoms with van der Waals surface area (Å²) in [4.78, 5) is 18.2. The molecule has 0 aromatic rings. The van der Waals surface area contributed by atoms with Gasteiger partial charge in [-0.2, -0.15) is 0 Å². The third kappa shape index (κ3) is 4.88. The monoisotopic (exact) mass is 377 g/mol. The van der Waals surface area contributed by atoms with Crippen LogP contribution in [0.15, 0.2) is 35.6 Å². The van der Waals surface area contributed by atoms with Crippen LogP contribution in [-0.4, -0.2) is 49.5 Å². The first-order valence-electron chi connectivity index (χ1n) is 9.97. The van der Waals surface area contributed by atoms with E-state index in [0.29, 0.717) is 50.4 Å². The number of ketones is 1. The molecular weight excluding hydrogens is 346 g/mol. The van der Waals surface area contributed by atoms with Crippen molar-refractivity contribution >= 4 is 5.78 Å². The van der Waals surface area contributed by atoms with Gasteiger partial charge in [0.1, 0.15) is 0 Å². The number of nitrogens with one attached hydrogen (secondary N) is 1. The number of hydrogen-bond donors (Lipinski definition) is 2. The van der Waals surface area contributed by atoms with Crippen molar-refractivity contribution in [3.05, 3.63) is 35.6 Å². The van der Waals surface area contributed by atoms with E-state index in [1.165, 1.54) is 0 Å². The molecule has 2 N–H and O–H groups in total. The molecule has 0 aromatic heterocycles. The van der Waals surface area contributed by atoms with Crippen LogP contribution in [0.5, 0.6) is 0 Å². The van der Waals surface area contributed by atoms with Gasteiger partial charge in [-0.25, -0.2) is 0 Å². The molecule has 2 heterocycles. The lowest BCUT2D eigenvalue weighted by Crippen LogP contribution is -2.40. The van der Waals surface area contributed by atoms with Gasteiger partial charge in [0.25, 0.3) is 0 Å². The van der Waals surface area contributed by atoms with Crippen LogP contribution in [0.2, 0.25) is 0 Å². The van der Waals surface area contributed by atoms with Crippen molar-refractivity contribution in [1.82, 2.24) is 5.48 Å². The maximum atomic E-state index is 12.9. The van der Waals surface area contributed by atoms with Crippen LogP contribution in [0.4, 0.5) is 0 Å². The molecule has 4 unspecified atom stereocenters. The minimum Gasteiger partial charge on any atom is -0.388 e. The molecule has 0 aromatic carbocycles. The summed E-state index contributed by atoms with van der Waals surface area (Å²) >= 11 is 0. The van der Waals surface area contributed by atoms with Crippen molar-refractivity contribution in [1.29, 1.82) is 0 Å². The van der Waals surface area contributed by atoms with Crippen LogP contribution >= 0.6 is 0 Å². The van der Waals surface area contributed by atoms with Gasteiger partial charge in [-0.15, -0.1) is 6.58 Å². The Balaban J connectivity index is 1.72. The number of aliphatic hydroxyl groups excluding tert-OH is 1. The lowest BCUT2D eigenvalue weighted by atomic mass is 9.76. The second-order valence-corrected chi connectivity index (χ2v) is 7.54. The lowest BCUT2D eigenvalue weighted by Gasteiger charge is -2.38. The maximum Gasteiger partial charge on any atom is 0.163 e. The van der Waals surface area contributed by atoms with Crippen molar-refractivity contribution in [2.45, 2.75) is 51.2 Å². The minimum atomic E-state index is -0.793. The summed E-state index contributed by atoms with van der Waals surface area (Å²) in [7, 11) is 0. The molecule has 0 spiro atoms. The number of hydroxylamine groups is 1. The predicted octanol–water partition coefficient (Wildman–Crippen LogP) is 2.45. The van der Waals surface area contributed by atoms with Crippen molar-refractivity contribution in [3.8, 4) is 0 Å². The quantitative estimate of drug-likeness (QED) is 0.307. The number of ether oxygens (including phenoxy) is 2. The number of carbonyl (C=O) groups is 1. The van der Waals surface area contributed by atoms with E-state index in [2.05, 4.69) is 18.1 Å². The van der Waals surface area contributed by atoms with Gasteiger partial charge < -0.3 is 14.6 Å². The topological polar surface area (TPSA) is 77.0 Å². The molecule has 4 atom stereocenters. The standard InChI is InChI=1S/C21H31NO5/c1-3-5-17(22-27-7-4-2)21-18(23)10-14(11-19(21)24)15-9-16-12-25-8-6-20(16)26-13-15/h4,9,14,16,18,20,22-23H,2-3,5-8,10-13H2,1H3. The summed E-state index contributed by atoms with van der Waals surface area (Å²) in [5.41, 5.74) is 5.13. The van der Waals surface area contributed by atoms with E-state index in [-0.39, 0.29) is 23.7 Å². The Bertz CT molecular complexity index is 612. The third-order valence-electron chi connectivity index (χ3n) is 5.55. The van der Waals surface area contributed by atoms with Crippen LogP contribution in [0.3, 0.4) is 0 Å². The van der Waals surface area contributed by atoms with E-state index in [1.807, 2.05) is 6.92 Å². The number of allylic oxidation sites excluding steroid dienone is 1. The lowest BCUT2D eigenvalue weighted by molar-refractivity contribution is -0.119. The van der Waals surface area contributed by atoms with E-state index < -0.39 is 6.10 Å². The Morgan fingerprint density at radius 1 is 1.52 bits per heavy atom. The molecule has 0 amide bonds. The van der Waals surface area contributed by atoms with E-state index in [1.54, 1.807) is 6.08 Å². The Labute approximate surface area is 161 Å². The summed E-state index contributed by atoms with van der Waals surface area (Å²) in [5, 5.41) is 10.7. The van der Waals surface area contributed by atoms with Crippen LogP contribution in [0.1, 0.15) is 39.0 Å². The molecule has 0 bridgehead atoms. The Hall–Kier alpha value is -1.47. The molecule has 27 heavy (non-hydrogen) atoms. The van der Waals surface area contributed by atoms with Crippen LogP contribution in [0, 0.1) is 11.8 Å². The van der Waals surface area contributed by atoms with E-state index in [4.69, 9.17) is 14.3 Å². The van der Waals surface area contributed by atoms with E-state index in [9.17, 15) is 9.90 Å². The number of hydrogen-bond acceptors (Lipinski definition) is 6. The van der Waals surface area contributed by atoms with Gasteiger partial charge in [0, 0.05) is 30.2 Å². The molecule has 0 radical (unpaired) electrons. The summed E-state index contributed by atoms with van der Waals surface area (Å²) in [6.45, 7) is 7.95. The zero-order valence-corrected chi connectivity index (χ0v) is 16.1. The molecular formula is C21H31NO5. The molecule has 3 rings (SSSR count). The molecule has 2 fully saturated rings. The van der Waals surface area contributed by atoms with Gasteiger partial charge in [-0.3, -0.25) is 15.1 Å². The van der Waals surface area contributed by atoms with Gasteiger partial charge >= 0.3 is 0 Å². The molecule has 2 aliphatic heterocycles. The fraction of sp³-hybridized carbons (Fsp3) is 0.667. The number of rotatable bonds is 7. The molecule has 3 aliphatic rings. The SMILES string of the molecule is C=CCONC(CCC)=C1C(=O)CC(C2=CC3COCCC3OC2)CC1O. The normalized spacial score (nSPS) is 33.1. The summed E-state index contributed by atoms with van der Waals surface area (Å²) < 4.78 is 11.6. The summed E-state index contributed by atoms with van der Waals surface area (Å²) in [6.07, 6.45) is 6.66. The van der Waals surface area contributed by atoms with Crippen molar-refractivity contribution < 1.29 is 24.2 Å². The second-order valence-electron chi connectivity index (χ2n) is 7.54. The number of aliphatic hydroxyl groups is 1. The molecule has 1 saturated heterocycles. The molecule has 6 heteroatoms. The highest BCUT2D eigenvalue weighted by Crippen LogP contribution is 2.37. The predicted molar refractivity (Wildman–Crippen MR) is 102 cm³/mol. The van der Waals surface area contributed by atoms with E-state index >= 15 is 0 Å². The molecule has 1 saturated carbocycles. The molecule has 150 valence electrons. The Morgan fingerprint density at radius 2 is 2.37 bits per heavy atom. The largest absolute Gasteiger partial charge is 0.388 e. The fourth-order valence-corrected chi connectivity index (χ4v) is 4.20. The Morgan fingerprint density at radius 3 is 3.11 bits per heavy atom. The Kier molecular flexibility index (Phi) is 7.24. The van der Waals surface area contributed by atoms with E-state index in [0.717, 1.165) is 25.0 Å². The summed E-state index contributed by atoms with van der Waals surface area (Å²) in [6, 6.07) is 0. The third-order valence-corrected chi connectivity index (χ3v) is 5.55. The molecule has 6 nitrogen and oxygen atoms in total. The van der Waals surface area contributed by atoms with Gasteiger partial charge in [0.15, 0.2) is 5.78 Å². The van der Waals surface area contributed by atoms with Crippen LogP contribution in [0.25, 0.3) is 0 Å². The first-order valence-corrected chi connectivity index (χ1v) is 9.97. The summed E-state index contributed by atoms with van der Waals surface area (Å²) in [5.74, 6) is 0.271. The highest BCUT2D eigenvalue weighted by molar-refractivity contribution is 5.98. The van der Waals surface area contributed by atoms with Crippen molar-refractivity contribution in [2.75, 3.05) is 26.4 Å². The zero-order valence-electron chi connectivity index (χ0n) is 16.1. The van der Waals surface area contributed by atoms with Gasteiger partial charge in [-0.05, 0) is 30.8 Å². The van der Waals surface area contributed by atoms with Gasteiger partial charge in [0.2, 0.25) is 0 Å². The van der Waals surface area contributed by atoms with Crippen LogP contribution < -0.4 is 5.48 Å². The zero-order chi connectivity index (χ0) is 19.2. The molecule has 1 aliphatic carbocycles. The smallest absolute Gasteiger partial charge is 0.163 e. The maximum absolute atomic E-state index is 12.9. The van der Waals surface area contributed by atoms with Gasteiger partial charge in [0.05, 0.1) is 32.0 Å². The number of Topliss-reactive ketones (excluding diaryl/α,β-unsaturated/α-hetero) is 1. The first-order chi connectivity index (χ1) is 13.1. The number of carbonyl (C=O) groups excluding carboxylic acids is 1. The first kappa shape index (κ1) is 20.3. The average molecular weight is 377 g/mol. The highest BCUT2D eigenvalue weighted by Gasteiger charge is 2.37. The minimum absolute atomic E-state index is 0.0141. The second kappa shape index (κ2) is 9.64. The fourth-order valence-electron chi connectivity index (χ4n) is 4.20. The number of fused-ring (bicyclic) bond motifs is 1. The highest BCUT2D eigenvalue weighted by atomic mass is 16.6. The average Bonchev–Trinajstić information content (AvgIpc) is 2.67. The van der Waals surface area contributed by atoms with Crippen molar-refractivity contribution in [2.24, 2.45) is 11.8 Å². The van der Waals surface area contributed by atoms with Gasteiger partial charge in [-0.1, -0.05) is 25.5 Å². The van der Waals surface area contributed by atoms with Crippen LogP contribution in [-0.2, 0) is 19.1 Å². The van der Waals surface area contributed by atoms with Crippen molar-refractivity contribution in [3.63, 3.8) is 0 Å².